The molecule has 0 saturated carbocycles. The van der Waals surface area contributed by atoms with Crippen LogP contribution in [0.1, 0.15) is 46.5 Å². The second kappa shape index (κ2) is 8.72. The fourth-order valence-corrected chi connectivity index (χ4v) is 1.75. The zero-order valence-electron chi connectivity index (χ0n) is 10.7. The number of likely N-dealkylation sites (N-methyl/N-ethyl adjacent to an activating group) is 2. The smallest absolute Gasteiger partial charge is 0.239 e. The third kappa shape index (κ3) is 5.17. The van der Waals surface area contributed by atoms with Crippen LogP contribution in [0, 0.1) is 0 Å². The van der Waals surface area contributed by atoms with Crippen LogP contribution in [0.25, 0.3) is 0 Å². The Bertz CT molecular complexity index is 167. The summed E-state index contributed by atoms with van der Waals surface area (Å²) in [6.07, 6.45) is 4.51. The minimum atomic E-state index is 0.0106. The molecule has 0 bridgehead atoms. The third-order valence-corrected chi connectivity index (χ3v) is 2.82. The molecule has 15 heavy (non-hydrogen) atoms. The summed E-state index contributed by atoms with van der Waals surface area (Å²) >= 11 is 0. The Kier molecular flexibility index (Phi) is 8.38. The Balaban J connectivity index is 4.08. The maximum Gasteiger partial charge on any atom is 0.239 e. The summed E-state index contributed by atoms with van der Waals surface area (Å²) in [4.78, 5) is 13.9. The Morgan fingerprint density at radius 3 is 2.20 bits per heavy atom. The van der Waals surface area contributed by atoms with E-state index in [1.54, 1.807) is 0 Å². The molecular formula is C12H26N2O. The topological polar surface area (TPSA) is 32.3 Å². The molecule has 0 aromatic rings. The molecule has 1 amide bonds. The van der Waals surface area contributed by atoms with Gasteiger partial charge in [-0.1, -0.05) is 26.2 Å². The van der Waals surface area contributed by atoms with Crippen molar-refractivity contribution in [1.29, 1.82) is 0 Å². The molecule has 1 N–H and O–H groups in total. The minimum absolute atomic E-state index is 0.0106. The van der Waals surface area contributed by atoms with Gasteiger partial charge < -0.3 is 10.2 Å². The van der Waals surface area contributed by atoms with Crippen LogP contribution < -0.4 is 5.32 Å². The molecule has 3 nitrogen and oxygen atoms in total. The summed E-state index contributed by atoms with van der Waals surface area (Å²) in [5, 5.41) is 3.12. The lowest BCUT2D eigenvalue weighted by molar-refractivity contribution is -0.133. The summed E-state index contributed by atoms with van der Waals surface area (Å²) < 4.78 is 0. The maximum atomic E-state index is 12.0. The van der Waals surface area contributed by atoms with Crippen molar-refractivity contribution in [1.82, 2.24) is 10.2 Å². The number of nitrogens with one attached hydrogen (secondary N) is 1. The zero-order valence-corrected chi connectivity index (χ0v) is 10.7. The first kappa shape index (κ1) is 14.4. The van der Waals surface area contributed by atoms with Gasteiger partial charge in [-0.15, -0.1) is 0 Å². The molecule has 0 rings (SSSR count). The molecule has 1 atom stereocenters. The molecule has 0 heterocycles. The molecule has 0 aliphatic heterocycles. The minimum Gasteiger partial charge on any atom is -0.342 e. The van der Waals surface area contributed by atoms with Crippen molar-refractivity contribution in [3.8, 4) is 0 Å². The van der Waals surface area contributed by atoms with Crippen LogP contribution in [0.2, 0.25) is 0 Å². The van der Waals surface area contributed by atoms with Crippen LogP contribution in [-0.4, -0.2) is 37.0 Å². The number of rotatable bonds is 8. The highest BCUT2D eigenvalue weighted by atomic mass is 16.2. The molecule has 1 unspecified atom stereocenters. The predicted molar refractivity (Wildman–Crippen MR) is 64.9 cm³/mol. The molecule has 3 heteroatoms. The summed E-state index contributed by atoms with van der Waals surface area (Å²) in [7, 11) is 1.87. The van der Waals surface area contributed by atoms with E-state index in [-0.39, 0.29) is 11.9 Å². The number of hydrogen-bond donors (Lipinski definition) is 1. The molecule has 0 spiro atoms. The monoisotopic (exact) mass is 214 g/mol. The van der Waals surface area contributed by atoms with Gasteiger partial charge in [0.05, 0.1) is 6.04 Å². The van der Waals surface area contributed by atoms with Crippen LogP contribution in [0.15, 0.2) is 0 Å². The fraction of sp³-hybridized carbons (Fsp3) is 0.917. The van der Waals surface area contributed by atoms with E-state index in [2.05, 4.69) is 12.2 Å². The molecule has 0 fully saturated rings. The number of unbranched alkanes of at least 4 members (excludes halogenated alkanes) is 2. The standard InChI is InChI=1S/C12H26N2O/c1-5-8-9-10-11(13-4)12(15)14(6-2)7-3/h11,13H,5-10H2,1-4H3. The number of nitrogens with zero attached hydrogens (tertiary/aromatic N) is 1. The van der Waals surface area contributed by atoms with Crippen molar-refractivity contribution in [3.63, 3.8) is 0 Å². The Hall–Kier alpha value is -0.570. The van der Waals surface area contributed by atoms with Crippen LogP contribution in [-0.2, 0) is 4.79 Å². The maximum absolute atomic E-state index is 12.0. The average molecular weight is 214 g/mol. The summed E-state index contributed by atoms with van der Waals surface area (Å²) in [5.41, 5.74) is 0. The molecular weight excluding hydrogens is 188 g/mol. The van der Waals surface area contributed by atoms with Crippen molar-refractivity contribution in [3.05, 3.63) is 0 Å². The van der Waals surface area contributed by atoms with Gasteiger partial charge in [0, 0.05) is 13.1 Å². The van der Waals surface area contributed by atoms with Gasteiger partial charge in [-0.2, -0.15) is 0 Å². The van der Waals surface area contributed by atoms with E-state index in [9.17, 15) is 4.79 Å². The molecule has 0 radical (unpaired) electrons. The summed E-state index contributed by atoms with van der Waals surface area (Å²) in [6, 6.07) is 0.0106. The number of carbonyl (C=O) groups is 1. The van der Waals surface area contributed by atoms with Crippen molar-refractivity contribution in [2.45, 2.75) is 52.5 Å². The molecule has 0 saturated heterocycles. The highest BCUT2D eigenvalue weighted by molar-refractivity contribution is 5.81. The summed E-state index contributed by atoms with van der Waals surface area (Å²) in [6.45, 7) is 7.85. The van der Waals surface area contributed by atoms with Gasteiger partial charge in [0.25, 0.3) is 0 Å². The van der Waals surface area contributed by atoms with E-state index in [4.69, 9.17) is 0 Å². The third-order valence-electron chi connectivity index (χ3n) is 2.82. The van der Waals surface area contributed by atoms with Gasteiger partial charge in [0.2, 0.25) is 5.91 Å². The molecule has 0 aromatic carbocycles. The molecule has 90 valence electrons. The number of hydrogen-bond acceptors (Lipinski definition) is 2. The summed E-state index contributed by atoms with van der Waals surface area (Å²) in [5.74, 6) is 0.249. The SMILES string of the molecule is CCCCCC(NC)C(=O)N(CC)CC. The van der Waals surface area contributed by atoms with Crippen molar-refractivity contribution >= 4 is 5.91 Å². The number of amides is 1. The fourth-order valence-electron chi connectivity index (χ4n) is 1.75. The van der Waals surface area contributed by atoms with E-state index >= 15 is 0 Å². The van der Waals surface area contributed by atoms with Gasteiger partial charge >= 0.3 is 0 Å². The van der Waals surface area contributed by atoms with Gasteiger partial charge in [-0.3, -0.25) is 4.79 Å². The highest BCUT2D eigenvalue weighted by Gasteiger charge is 2.19. The first-order valence-electron chi connectivity index (χ1n) is 6.17. The Morgan fingerprint density at radius 2 is 1.80 bits per heavy atom. The molecule has 0 aromatic heterocycles. The second-order valence-electron chi connectivity index (χ2n) is 3.85. The van der Waals surface area contributed by atoms with Crippen LogP contribution >= 0.6 is 0 Å². The predicted octanol–water partition coefficient (Wildman–Crippen LogP) is 2.02. The van der Waals surface area contributed by atoms with E-state index in [1.165, 1.54) is 12.8 Å². The molecule has 0 aliphatic rings. The lowest BCUT2D eigenvalue weighted by Crippen LogP contribution is -2.45. The van der Waals surface area contributed by atoms with E-state index in [0.717, 1.165) is 25.9 Å². The van der Waals surface area contributed by atoms with Gasteiger partial charge in [0.1, 0.15) is 0 Å². The van der Waals surface area contributed by atoms with Crippen LogP contribution in [0.3, 0.4) is 0 Å². The number of carbonyl (C=O) groups excluding carboxylic acids is 1. The first-order valence-corrected chi connectivity index (χ1v) is 6.17. The quantitative estimate of drug-likeness (QED) is 0.627. The van der Waals surface area contributed by atoms with Gasteiger partial charge in [-0.05, 0) is 27.3 Å². The zero-order chi connectivity index (χ0) is 11.7. The second-order valence-corrected chi connectivity index (χ2v) is 3.85. The lowest BCUT2D eigenvalue weighted by Gasteiger charge is -2.24. The van der Waals surface area contributed by atoms with E-state index in [1.807, 2.05) is 25.8 Å². The van der Waals surface area contributed by atoms with Crippen molar-refractivity contribution < 1.29 is 4.79 Å². The molecule has 0 aliphatic carbocycles. The van der Waals surface area contributed by atoms with Crippen LogP contribution in [0.4, 0.5) is 0 Å². The lowest BCUT2D eigenvalue weighted by atomic mass is 10.1. The van der Waals surface area contributed by atoms with E-state index < -0.39 is 0 Å². The van der Waals surface area contributed by atoms with Crippen LogP contribution in [0.5, 0.6) is 0 Å². The van der Waals surface area contributed by atoms with Gasteiger partial charge in [0.15, 0.2) is 0 Å². The largest absolute Gasteiger partial charge is 0.342 e. The van der Waals surface area contributed by atoms with Crippen molar-refractivity contribution in [2.75, 3.05) is 20.1 Å². The Labute approximate surface area is 94.2 Å². The average Bonchev–Trinajstić information content (AvgIpc) is 2.26. The van der Waals surface area contributed by atoms with Crippen molar-refractivity contribution in [2.24, 2.45) is 0 Å². The highest BCUT2D eigenvalue weighted by Crippen LogP contribution is 2.06. The Morgan fingerprint density at radius 1 is 1.20 bits per heavy atom. The van der Waals surface area contributed by atoms with E-state index in [0.29, 0.717) is 0 Å². The normalized spacial score (nSPS) is 12.5. The van der Waals surface area contributed by atoms with Gasteiger partial charge in [-0.25, -0.2) is 0 Å². The first-order chi connectivity index (χ1) is 7.21.